The molecule has 0 saturated heterocycles. The Morgan fingerprint density at radius 2 is 1.93 bits per heavy atom. The van der Waals surface area contributed by atoms with E-state index in [9.17, 15) is 13.2 Å². The minimum atomic E-state index is -4.51. The highest BCUT2D eigenvalue weighted by molar-refractivity contribution is 7.15. The lowest BCUT2D eigenvalue weighted by Gasteiger charge is -2.10. The van der Waals surface area contributed by atoms with Gasteiger partial charge in [0.15, 0.2) is 0 Å². The van der Waals surface area contributed by atoms with E-state index < -0.39 is 11.9 Å². The molecule has 0 atom stereocenters. The van der Waals surface area contributed by atoms with Gasteiger partial charge in [0.1, 0.15) is 5.69 Å². The summed E-state index contributed by atoms with van der Waals surface area (Å²) in [4.78, 5) is 12.9. The molecule has 0 fully saturated rings. The van der Waals surface area contributed by atoms with Gasteiger partial charge in [0.2, 0.25) is 5.95 Å². The summed E-state index contributed by atoms with van der Waals surface area (Å²) in [7, 11) is 0. The molecule has 4 nitrogen and oxygen atoms in total. The molecular weight excluding hydrogens is 373 g/mol. The SMILES string of the molecule is Cc1cc(Nc2nccc(C(F)(F)F)n2)cc(-c2cnc(CC(C)C)s2)c1. The van der Waals surface area contributed by atoms with Crippen LogP contribution in [0.25, 0.3) is 10.4 Å². The highest BCUT2D eigenvalue weighted by Crippen LogP contribution is 2.32. The molecule has 0 unspecified atom stereocenters. The van der Waals surface area contributed by atoms with Gasteiger partial charge in [-0.15, -0.1) is 11.3 Å². The molecule has 0 aliphatic rings. The van der Waals surface area contributed by atoms with E-state index in [0.29, 0.717) is 11.6 Å². The Balaban J connectivity index is 1.87. The van der Waals surface area contributed by atoms with E-state index in [4.69, 9.17) is 0 Å². The third kappa shape index (κ3) is 5.03. The van der Waals surface area contributed by atoms with Gasteiger partial charge < -0.3 is 5.32 Å². The van der Waals surface area contributed by atoms with E-state index in [2.05, 4.69) is 34.1 Å². The van der Waals surface area contributed by atoms with Crippen LogP contribution in [0.4, 0.5) is 24.8 Å². The van der Waals surface area contributed by atoms with Crippen molar-refractivity contribution in [2.45, 2.75) is 33.4 Å². The number of hydrogen-bond acceptors (Lipinski definition) is 5. The van der Waals surface area contributed by atoms with Crippen LogP contribution in [-0.2, 0) is 12.6 Å². The number of hydrogen-bond donors (Lipinski definition) is 1. The molecule has 27 heavy (non-hydrogen) atoms. The molecule has 0 radical (unpaired) electrons. The molecule has 1 N–H and O–H groups in total. The predicted molar refractivity (Wildman–Crippen MR) is 101 cm³/mol. The number of aryl methyl sites for hydroxylation is 1. The van der Waals surface area contributed by atoms with Gasteiger partial charge in [-0.3, -0.25) is 0 Å². The Kier molecular flexibility index (Phi) is 5.46. The number of aromatic nitrogens is 3. The van der Waals surface area contributed by atoms with Crippen molar-refractivity contribution in [1.82, 2.24) is 15.0 Å². The van der Waals surface area contributed by atoms with Gasteiger partial charge >= 0.3 is 6.18 Å². The lowest BCUT2D eigenvalue weighted by Crippen LogP contribution is -2.10. The average Bonchev–Trinajstić information content (AvgIpc) is 3.01. The first-order valence-electron chi connectivity index (χ1n) is 8.45. The van der Waals surface area contributed by atoms with E-state index in [1.807, 2.05) is 31.3 Å². The second-order valence-electron chi connectivity index (χ2n) is 6.69. The van der Waals surface area contributed by atoms with Gasteiger partial charge in [0.25, 0.3) is 0 Å². The Morgan fingerprint density at radius 3 is 2.63 bits per heavy atom. The zero-order valence-electron chi connectivity index (χ0n) is 15.1. The van der Waals surface area contributed by atoms with Crippen LogP contribution in [-0.4, -0.2) is 15.0 Å². The van der Waals surface area contributed by atoms with Gasteiger partial charge in [0, 0.05) is 24.5 Å². The third-order valence-electron chi connectivity index (χ3n) is 3.70. The number of nitrogens with one attached hydrogen (secondary N) is 1. The van der Waals surface area contributed by atoms with Crippen LogP contribution in [0.2, 0.25) is 0 Å². The normalized spacial score (nSPS) is 11.8. The molecule has 0 aliphatic heterocycles. The summed E-state index contributed by atoms with van der Waals surface area (Å²) in [5.41, 5.74) is 1.58. The van der Waals surface area contributed by atoms with Gasteiger partial charge in [-0.2, -0.15) is 13.2 Å². The third-order valence-corrected chi connectivity index (χ3v) is 4.77. The first-order valence-corrected chi connectivity index (χ1v) is 9.26. The van der Waals surface area contributed by atoms with E-state index in [1.54, 1.807) is 11.3 Å². The summed E-state index contributed by atoms with van der Waals surface area (Å²) in [6.07, 6.45) is -0.662. The summed E-state index contributed by atoms with van der Waals surface area (Å²) >= 11 is 1.62. The first-order chi connectivity index (χ1) is 12.7. The van der Waals surface area contributed by atoms with E-state index in [0.717, 1.165) is 39.7 Å². The Morgan fingerprint density at radius 1 is 1.15 bits per heavy atom. The van der Waals surface area contributed by atoms with Gasteiger partial charge in [0.05, 0.1) is 9.88 Å². The van der Waals surface area contributed by atoms with Crippen LogP contribution in [0.3, 0.4) is 0 Å². The standard InChI is InChI=1S/C19H19F3N4S/c1-11(2)6-17-24-10-15(27-17)13-7-12(3)8-14(9-13)25-18-23-5-4-16(26-18)19(20,21)22/h4-5,7-11H,6H2,1-3H3,(H,23,25,26). The second-order valence-corrected chi connectivity index (χ2v) is 7.81. The monoisotopic (exact) mass is 392 g/mol. The Hall–Kier alpha value is -2.48. The summed E-state index contributed by atoms with van der Waals surface area (Å²) in [5, 5.41) is 3.94. The second kappa shape index (κ2) is 7.64. The predicted octanol–water partition coefficient (Wildman–Crippen LogP) is 5.87. The van der Waals surface area contributed by atoms with Crippen molar-refractivity contribution < 1.29 is 13.2 Å². The van der Waals surface area contributed by atoms with Crippen molar-refractivity contribution in [3.05, 3.63) is 52.9 Å². The molecule has 1 aromatic carbocycles. The van der Waals surface area contributed by atoms with Crippen molar-refractivity contribution >= 4 is 23.0 Å². The minimum absolute atomic E-state index is 0.0915. The molecular formula is C19H19F3N4S. The number of nitrogens with zero attached hydrogens (tertiary/aromatic N) is 3. The quantitative estimate of drug-likeness (QED) is 0.590. The highest BCUT2D eigenvalue weighted by atomic mass is 32.1. The van der Waals surface area contributed by atoms with Crippen molar-refractivity contribution in [3.63, 3.8) is 0 Å². The molecule has 0 bridgehead atoms. The molecule has 142 valence electrons. The van der Waals surface area contributed by atoms with Crippen LogP contribution in [0.1, 0.15) is 30.1 Å². The molecule has 3 aromatic rings. The van der Waals surface area contributed by atoms with Crippen molar-refractivity contribution in [2.24, 2.45) is 5.92 Å². The lowest BCUT2D eigenvalue weighted by atomic mass is 10.1. The van der Waals surface area contributed by atoms with Crippen LogP contribution >= 0.6 is 11.3 Å². The summed E-state index contributed by atoms with van der Waals surface area (Å²) < 4.78 is 38.5. The fourth-order valence-corrected chi connectivity index (χ4v) is 3.71. The van der Waals surface area contributed by atoms with Crippen LogP contribution in [0, 0.1) is 12.8 Å². The van der Waals surface area contributed by atoms with Gasteiger partial charge in [-0.05, 0) is 42.2 Å². The number of rotatable bonds is 5. The number of anilines is 2. The number of alkyl halides is 3. The van der Waals surface area contributed by atoms with Crippen molar-refractivity contribution in [1.29, 1.82) is 0 Å². The fraction of sp³-hybridized carbons (Fsp3) is 0.316. The largest absolute Gasteiger partial charge is 0.433 e. The maximum absolute atomic E-state index is 12.8. The zero-order valence-corrected chi connectivity index (χ0v) is 15.9. The smallest absolute Gasteiger partial charge is 0.324 e. The molecule has 8 heteroatoms. The maximum Gasteiger partial charge on any atom is 0.433 e. The molecule has 2 heterocycles. The molecule has 0 aliphatic carbocycles. The molecule has 0 amide bonds. The van der Waals surface area contributed by atoms with E-state index >= 15 is 0 Å². The zero-order chi connectivity index (χ0) is 19.6. The van der Waals surface area contributed by atoms with Crippen molar-refractivity contribution in [3.8, 4) is 10.4 Å². The first kappa shape index (κ1) is 19.3. The maximum atomic E-state index is 12.8. The molecule has 3 rings (SSSR count). The topological polar surface area (TPSA) is 50.7 Å². The van der Waals surface area contributed by atoms with Crippen LogP contribution in [0.5, 0.6) is 0 Å². The van der Waals surface area contributed by atoms with E-state index in [-0.39, 0.29) is 5.95 Å². The summed E-state index contributed by atoms with van der Waals surface area (Å²) in [6, 6.07) is 6.57. The number of halogens is 3. The van der Waals surface area contributed by atoms with Crippen molar-refractivity contribution in [2.75, 3.05) is 5.32 Å². The number of benzene rings is 1. The van der Waals surface area contributed by atoms with Gasteiger partial charge in [-0.25, -0.2) is 15.0 Å². The van der Waals surface area contributed by atoms with Crippen LogP contribution < -0.4 is 5.32 Å². The molecule has 0 saturated carbocycles. The summed E-state index contributed by atoms with van der Waals surface area (Å²) in [5.74, 6) is 0.433. The fourth-order valence-electron chi connectivity index (χ4n) is 2.59. The minimum Gasteiger partial charge on any atom is -0.324 e. The van der Waals surface area contributed by atoms with E-state index in [1.165, 1.54) is 0 Å². The average molecular weight is 392 g/mol. The van der Waals surface area contributed by atoms with Crippen LogP contribution in [0.15, 0.2) is 36.7 Å². The highest BCUT2D eigenvalue weighted by Gasteiger charge is 2.32. The number of thiazole rings is 1. The Labute approximate surface area is 159 Å². The Bertz CT molecular complexity index is 935. The summed E-state index contributed by atoms with van der Waals surface area (Å²) in [6.45, 7) is 6.22. The molecule has 0 spiro atoms. The van der Waals surface area contributed by atoms with Gasteiger partial charge in [-0.1, -0.05) is 19.9 Å². The lowest BCUT2D eigenvalue weighted by molar-refractivity contribution is -0.141. The molecule has 2 aromatic heterocycles.